The van der Waals surface area contributed by atoms with E-state index in [2.05, 4.69) is 31.2 Å². The summed E-state index contributed by atoms with van der Waals surface area (Å²) < 4.78 is 41.2. The maximum absolute atomic E-state index is 13.1. The molecule has 0 saturated carbocycles. The SMILES string of the molecule is FC(F)(F)c1nnc2ccc(N3CCN(Cc4nc5ccccc5s4)CC3)nn12. The molecule has 0 bridgehead atoms. The topological polar surface area (TPSA) is 62.5 Å². The zero-order chi connectivity index (χ0) is 20.0. The molecule has 4 heterocycles. The minimum absolute atomic E-state index is 0.0792. The van der Waals surface area contributed by atoms with E-state index in [0.717, 1.165) is 34.7 Å². The van der Waals surface area contributed by atoms with Crippen LogP contribution in [0.5, 0.6) is 0 Å². The van der Waals surface area contributed by atoms with Gasteiger partial charge in [-0.25, -0.2) is 4.98 Å². The molecule has 1 aliphatic heterocycles. The number of nitrogens with zero attached hydrogens (tertiary/aromatic N) is 7. The van der Waals surface area contributed by atoms with Gasteiger partial charge in [0, 0.05) is 26.2 Å². The van der Waals surface area contributed by atoms with Gasteiger partial charge in [0.05, 0.1) is 16.8 Å². The molecule has 1 aromatic carbocycles. The lowest BCUT2D eigenvalue weighted by Crippen LogP contribution is -2.46. The summed E-state index contributed by atoms with van der Waals surface area (Å²) >= 11 is 1.69. The van der Waals surface area contributed by atoms with Crippen LogP contribution < -0.4 is 4.90 Å². The van der Waals surface area contributed by atoms with Crippen LogP contribution in [0.3, 0.4) is 0 Å². The first-order valence-electron chi connectivity index (χ1n) is 9.09. The van der Waals surface area contributed by atoms with E-state index in [1.165, 1.54) is 10.8 Å². The number of aromatic nitrogens is 5. The lowest BCUT2D eigenvalue weighted by atomic mass is 10.3. The van der Waals surface area contributed by atoms with E-state index in [4.69, 9.17) is 0 Å². The monoisotopic (exact) mass is 419 g/mol. The molecule has 3 aromatic heterocycles. The molecule has 0 aliphatic carbocycles. The van der Waals surface area contributed by atoms with Gasteiger partial charge in [-0.2, -0.15) is 17.7 Å². The van der Waals surface area contributed by atoms with Crippen molar-refractivity contribution in [2.45, 2.75) is 12.7 Å². The molecule has 1 fully saturated rings. The molecule has 4 aromatic rings. The summed E-state index contributed by atoms with van der Waals surface area (Å²) in [6, 6.07) is 11.3. The third kappa shape index (κ3) is 3.51. The molecule has 7 nitrogen and oxygen atoms in total. The standard InChI is InChI=1S/C18H16F3N7S/c19-18(20,21)17-24-23-14-5-6-15(25-28(14)17)27-9-7-26(8-10-27)11-16-22-12-3-1-2-4-13(12)29-16/h1-6H,7-11H2. The molecular weight excluding hydrogens is 403 g/mol. The minimum Gasteiger partial charge on any atom is -0.353 e. The number of hydrogen-bond acceptors (Lipinski definition) is 7. The van der Waals surface area contributed by atoms with Crippen molar-refractivity contribution in [2.75, 3.05) is 31.1 Å². The van der Waals surface area contributed by atoms with Gasteiger partial charge in [-0.1, -0.05) is 12.1 Å². The molecule has 0 atom stereocenters. The summed E-state index contributed by atoms with van der Waals surface area (Å²) in [5.41, 5.74) is 1.09. The second kappa shape index (κ2) is 6.92. The number of anilines is 1. The maximum atomic E-state index is 13.1. The molecule has 11 heteroatoms. The Morgan fingerprint density at radius 3 is 2.52 bits per heavy atom. The number of hydrogen-bond donors (Lipinski definition) is 0. The third-order valence-corrected chi connectivity index (χ3v) is 5.92. The second-order valence-electron chi connectivity index (χ2n) is 6.82. The summed E-state index contributed by atoms with van der Waals surface area (Å²) in [5.74, 6) is -0.619. The first-order valence-corrected chi connectivity index (χ1v) is 9.90. The van der Waals surface area contributed by atoms with Crippen LogP contribution in [-0.2, 0) is 12.7 Å². The molecular formula is C18H16F3N7S. The Morgan fingerprint density at radius 2 is 1.76 bits per heavy atom. The van der Waals surface area contributed by atoms with Crippen molar-refractivity contribution in [3.05, 3.63) is 47.2 Å². The fourth-order valence-corrected chi connectivity index (χ4v) is 4.45. The highest BCUT2D eigenvalue weighted by atomic mass is 32.1. The maximum Gasteiger partial charge on any atom is 0.453 e. The lowest BCUT2D eigenvalue weighted by molar-refractivity contribution is -0.146. The van der Waals surface area contributed by atoms with Crippen LogP contribution in [0.1, 0.15) is 10.8 Å². The van der Waals surface area contributed by atoms with Gasteiger partial charge in [0.25, 0.3) is 5.82 Å². The number of para-hydroxylation sites is 1. The Bertz CT molecular complexity index is 1130. The molecule has 0 radical (unpaired) electrons. The minimum atomic E-state index is -4.60. The zero-order valence-corrected chi connectivity index (χ0v) is 16.0. The van der Waals surface area contributed by atoms with Crippen LogP contribution in [0.15, 0.2) is 36.4 Å². The average molecular weight is 419 g/mol. The molecule has 0 N–H and O–H groups in total. The van der Waals surface area contributed by atoms with Gasteiger partial charge in [0.2, 0.25) is 0 Å². The van der Waals surface area contributed by atoms with E-state index >= 15 is 0 Å². The van der Waals surface area contributed by atoms with Crippen molar-refractivity contribution in [1.82, 2.24) is 29.7 Å². The molecule has 150 valence electrons. The normalized spacial score (nSPS) is 16.2. The van der Waals surface area contributed by atoms with E-state index in [-0.39, 0.29) is 5.65 Å². The highest BCUT2D eigenvalue weighted by Gasteiger charge is 2.37. The van der Waals surface area contributed by atoms with Gasteiger partial charge in [-0.05, 0) is 24.3 Å². The largest absolute Gasteiger partial charge is 0.453 e. The summed E-state index contributed by atoms with van der Waals surface area (Å²) in [4.78, 5) is 8.95. The van der Waals surface area contributed by atoms with Gasteiger partial charge in [-0.15, -0.1) is 26.6 Å². The predicted octanol–water partition coefficient (Wildman–Crippen LogP) is 3.08. The van der Waals surface area contributed by atoms with Crippen LogP contribution >= 0.6 is 11.3 Å². The van der Waals surface area contributed by atoms with Gasteiger partial charge in [0.15, 0.2) is 5.65 Å². The highest BCUT2D eigenvalue weighted by molar-refractivity contribution is 7.18. The Hall–Kier alpha value is -2.79. The van der Waals surface area contributed by atoms with Gasteiger partial charge >= 0.3 is 6.18 Å². The van der Waals surface area contributed by atoms with E-state index in [0.29, 0.717) is 18.9 Å². The Morgan fingerprint density at radius 1 is 0.966 bits per heavy atom. The summed E-state index contributed by atoms with van der Waals surface area (Å²) in [6.07, 6.45) is -4.60. The average Bonchev–Trinajstić information content (AvgIpc) is 3.31. The Labute approximate surface area is 167 Å². The molecule has 0 unspecified atom stereocenters. The van der Waals surface area contributed by atoms with Crippen LogP contribution in [0.25, 0.3) is 15.9 Å². The molecule has 0 amide bonds. The van der Waals surface area contributed by atoms with Crippen molar-refractivity contribution in [1.29, 1.82) is 0 Å². The molecule has 0 spiro atoms. The molecule has 29 heavy (non-hydrogen) atoms. The van der Waals surface area contributed by atoms with Gasteiger partial charge in [-0.3, -0.25) is 4.90 Å². The van der Waals surface area contributed by atoms with Gasteiger partial charge < -0.3 is 4.90 Å². The number of halogens is 3. The Kier molecular flexibility index (Phi) is 4.36. The third-order valence-electron chi connectivity index (χ3n) is 4.90. The van der Waals surface area contributed by atoms with Crippen molar-refractivity contribution in [3.8, 4) is 0 Å². The van der Waals surface area contributed by atoms with Crippen LogP contribution in [0, 0.1) is 0 Å². The van der Waals surface area contributed by atoms with Crippen molar-refractivity contribution >= 4 is 33.0 Å². The first kappa shape index (κ1) is 18.3. The number of fused-ring (bicyclic) bond motifs is 2. The lowest BCUT2D eigenvalue weighted by Gasteiger charge is -2.34. The zero-order valence-electron chi connectivity index (χ0n) is 15.2. The van der Waals surface area contributed by atoms with Gasteiger partial charge in [0.1, 0.15) is 10.8 Å². The predicted molar refractivity (Wildman–Crippen MR) is 103 cm³/mol. The van der Waals surface area contributed by atoms with E-state index in [9.17, 15) is 13.2 Å². The molecule has 1 aliphatic rings. The highest BCUT2D eigenvalue weighted by Crippen LogP contribution is 2.28. The summed E-state index contributed by atoms with van der Waals surface area (Å²) in [5, 5.41) is 12.0. The first-order chi connectivity index (χ1) is 14.0. The van der Waals surface area contributed by atoms with Crippen LogP contribution in [-0.4, -0.2) is 55.9 Å². The smallest absolute Gasteiger partial charge is 0.353 e. The number of piperazine rings is 1. The summed E-state index contributed by atoms with van der Waals surface area (Å²) in [6.45, 7) is 3.68. The quantitative estimate of drug-likeness (QED) is 0.509. The van der Waals surface area contributed by atoms with Crippen LogP contribution in [0.2, 0.25) is 0 Å². The number of thiazole rings is 1. The van der Waals surface area contributed by atoms with E-state index < -0.39 is 12.0 Å². The second-order valence-corrected chi connectivity index (χ2v) is 7.94. The van der Waals surface area contributed by atoms with Crippen LogP contribution in [0.4, 0.5) is 19.0 Å². The fraction of sp³-hybridized carbons (Fsp3) is 0.333. The number of benzene rings is 1. The van der Waals surface area contributed by atoms with Crippen molar-refractivity contribution < 1.29 is 13.2 Å². The van der Waals surface area contributed by atoms with Crippen molar-refractivity contribution in [3.63, 3.8) is 0 Å². The number of rotatable bonds is 3. The number of alkyl halides is 3. The van der Waals surface area contributed by atoms with E-state index in [1.807, 2.05) is 23.1 Å². The molecule has 1 saturated heterocycles. The van der Waals surface area contributed by atoms with E-state index in [1.54, 1.807) is 17.4 Å². The van der Waals surface area contributed by atoms with Crippen molar-refractivity contribution in [2.24, 2.45) is 0 Å². The fourth-order valence-electron chi connectivity index (χ4n) is 3.44. The summed E-state index contributed by atoms with van der Waals surface area (Å²) in [7, 11) is 0. The molecule has 5 rings (SSSR count). The Balaban J connectivity index is 1.29.